The summed E-state index contributed by atoms with van der Waals surface area (Å²) < 4.78 is 91.6. The highest BCUT2D eigenvalue weighted by atomic mass is 19.4. The van der Waals surface area contributed by atoms with Gasteiger partial charge in [-0.3, -0.25) is 4.79 Å². The van der Waals surface area contributed by atoms with Crippen LogP contribution in [0.3, 0.4) is 0 Å². The van der Waals surface area contributed by atoms with E-state index in [0.29, 0.717) is 47.6 Å². The maximum atomic E-state index is 13.7. The minimum atomic E-state index is -5.05. The first kappa shape index (κ1) is 33.1. The second kappa shape index (κ2) is 13.9. The normalized spacial score (nSPS) is 16.4. The number of nitrogens with one attached hydrogen (secondary N) is 1. The number of aliphatic hydroxyl groups excluding tert-OH is 1. The minimum absolute atomic E-state index is 0.0117. The summed E-state index contributed by atoms with van der Waals surface area (Å²) in [6, 6.07) is 14.4. The van der Waals surface area contributed by atoms with Gasteiger partial charge in [-0.1, -0.05) is 29.4 Å². The summed E-state index contributed by atoms with van der Waals surface area (Å²) in [6.07, 6.45) is -9.74. The van der Waals surface area contributed by atoms with E-state index in [1.165, 1.54) is 0 Å². The number of amides is 1. The summed E-state index contributed by atoms with van der Waals surface area (Å²) in [5.74, 6) is -0.204. The molecule has 0 spiro atoms. The van der Waals surface area contributed by atoms with Crippen LogP contribution in [-0.4, -0.2) is 42.3 Å². The van der Waals surface area contributed by atoms with E-state index in [1.807, 2.05) is 0 Å². The molecule has 0 unspecified atom stereocenters. The number of azide groups is 1. The summed E-state index contributed by atoms with van der Waals surface area (Å²) in [5.41, 5.74) is 5.33. The van der Waals surface area contributed by atoms with Crippen molar-refractivity contribution in [3.05, 3.63) is 111 Å². The third kappa shape index (κ3) is 8.46. The highest BCUT2D eigenvalue weighted by molar-refractivity contribution is 6.00. The van der Waals surface area contributed by atoms with E-state index >= 15 is 0 Å². The molecule has 0 radical (unpaired) electrons. The molecule has 45 heavy (non-hydrogen) atoms. The first-order valence-electron chi connectivity index (χ1n) is 13.6. The van der Waals surface area contributed by atoms with Crippen LogP contribution >= 0.6 is 0 Å². The zero-order valence-corrected chi connectivity index (χ0v) is 23.5. The van der Waals surface area contributed by atoms with Crippen molar-refractivity contribution in [2.24, 2.45) is 10.1 Å². The molecule has 3 aromatic rings. The third-order valence-electron chi connectivity index (χ3n) is 6.86. The number of carbonyl (C=O) groups is 1. The molecule has 0 aliphatic carbocycles. The standard InChI is InChI=1S/C30H27F6N5O4/c31-29(32,33)23-12-19(13-24(14-23)30(34,35)36)16-38-27(43)28(15-21-4-1-2-5-22(21)17-39-41-37)18-45-26(40-28)20-6-8-25(9-7-20)44-11-3-10-42/h1-2,4-9,12-14,42H,3,10-11,15-18H2,(H,38,43)/t28-/m1/s1. The zero-order chi connectivity index (χ0) is 32.7. The molecule has 1 heterocycles. The van der Waals surface area contributed by atoms with Crippen molar-refractivity contribution in [3.63, 3.8) is 0 Å². The van der Waals surface area contributed by atoms with Gasteiger partial charge in [0.1, 0.15) is 12.4 Å². The SMILES string of the molecule is [N-]=[N+]=NCc1ccccc1C[C@]1(C(=O)NCc2cc(C(F)(F)F)cc(C(F)(F)F)c2)COC(c2ccc(OCCCO)cc2)=N1. The summed E-state index contributed by atoms with van der Waals surface area (Å²) in [4.78, 5) is 21.1. The zero-order valence-electron chi connectivity index (χ0n) is 23.5. The van der Waals surface area contributed by atoms with Crippen molar-refractivity contribution >= 4 is 11.8 Å². The number of hydrogen-bond donors (Lipinski definition) is 2. The summed E-state index contributed by atoms with van der Waals surface area (Å²) in [5, 5.41) is 15.0. The van der Waals surface area contributed by atoms with Gasteiger partial charge < -0.3 is 19.9 Å². The molecule has 1 amide bonds. The van der Waals surface area contributed by atoms with Crippen LogP contribution in [-0.2, 0) is 41.4 Å². The Morgan fingerprint density at radius 1 is 1.02 bits per heavy atom. The average molecular weight is 636 g/mol. The fourth-order valence-electron chi connectivity index (χ4n) is 4.61. The average Bonchev–Trinajstić information content (AvgIpc) is 3.44. The smallest absolute Gasteiger partial charge is 0.416 e. The number of ether oxygens (including phenoxy) is 2. The lowest BCUT2D eigenvalue weighted by Gasteiger charge is -2.24. The molecule has 2 N–H and O–H groups in total. The molecule has 0 saturated heterocycles. The van der Waals surface area contributed by atoms with Gasteiger partial charge in [0.25, 0.3) is 5.91 Å². The number of hydrogen-bond acceptors (Lipinski definition) is 6. The van der Waals surface area contributed by atoms with Gasteiger partial charge in [0.05, 0.1) is 24.3 Å². The molecule has 0 bridgehead atoms. The molecule has 9 nitrogen and oxygen atoms in total. The molecule has 1 aliphatic rings. The molecule has 0 fully saturated rings. The van der Waals surface area contributed by atoms with Crippen LogP contribution in [0.1, 0.15) is 39.8 Å². The van der Waals surface area contributed by atoms with Crippen LogP contribution < -0.4 is 10.1 Å². The van der Waals surface area contributed by atoms with Gasteiger partial charge in [-0.15, -0.1) is 0 Å². The Balaban J connectivity index is 1.66. The number of aliphatic imine (C=N–C) groups is 1. The number of aliphatic hydroxyl groups is 1. The second-order valence-corrected chi connectivity index (χ2v) is 10.1. The van der Waals surface area contributed by atoms with Crippen molar-refractivity contribution < 1.29 is 45.7 Å². The monoisotopic (exact) mass is 635 g/mol. The van der Waals surface area contributed by atoms with Gasteiger partial charge in [-0.2, -0.15) is 26.3 Å². The Hall–Kier alpha value is -4.75. The maximum Gasteiger partial charge on any atom is 0.416 e. The Morgan fingerprint density at radius 2 is 1.67 bits per heavy atom. The topological polar surface area (TPSA) is 129 Å². The number of carbonyl (C=O) groups excluding carboxylic acids is 1. The van der Waals surface area contributed by atoms with Crippen LogP contribution in [0.4, 0.5) is 26.3 Å². The van der Waals surface area contributed by atoms with Crippen LogP contribution in [0.5, 0.6) is 5.75 Å². The highest BCUT2D eigenvalue weighted by Gasteiger charge is 2.45. The molecule has 1 atom stereocenters. The Morgan fingerprint density at radius 3 is 2.27 bits per heavy atom. The Kier molecular flexibility index (Phi) is 10.2. The fourth-order valence-corrected chi connectivity index (χ4v) is 4.61. The number of benzene rings is 3. The lowest BCUT2D eigenvalue weighted by Crippen LogP contribution is -2.48. The number of nitrogens with zero attached hydrogens (tertiary/aromatic N) is 4. The van der Waals surface area contributed by atoms with Crippen molar-refractivity contribution in [3.8, 4) is 5.75 Å². The number of halogens is 6. The van der Waals surface area contributed by atoms with Gasteiger partial charge in [0, 0.05) is 36.5 Å². The Bertz CT molecular complexity index is 1550. The van der Waals surface area contributed by atoms with Crippen molar-refractivity contribution in [2.75, 3.05) is 19.8 Å². The van der Waals surface area contributed by atoms with Gasteiger partial charge >= 0.3 is 12.4 Å². The lowest BCUT2D eigenvalue weighted by molar-refractivity contribution is -0.143. The van der Waals surface area contributed by atoms with Gasteiger partial charge in [0.2, 0.25) is 5.90 Å². The van der Waals surface area contributed by atoms with E-state index in [-0.39, 0.29) is 38.1 Å². The van der Waals surface area contributed by atoms with Gasteiger partial charge in [-0.05, 0) is 64.7 Å². The fraction of sp³-hybridized carbons (Fsp3) is 0.333. The van der Waals surface area contributed by atoms with Crippen molar-refractivity contribution in [1.82, 2.24) is 5.32 Å². The lowest BCUT2D eigenvalue weighted by atomic mass is 9.89. The predicted octanol–water partition coefficient (Wildman–Crippen LogP) is 6.37. The molecule has 0 saturated carbocycles. The second-order valence-electron chi connectivity index (χ2n) is 10.1. The van der Waals surface area contributed by atoms with Crippen LogP contribution in [0, 0.1) is 0 Å². The summed E-state index contributed by atoms with van der Waals surface area (Å²) in [6.45, 7) is -0.726. The van der Waals surface area contributed by atoms with Crippen LogP contribution in [0.25, 0.3) is 10.4 Å². The Labute approximate surface area is 253 Å². The molecule has 1 aliphatic heterocycles. The number of rotatable bonds is 12. The van der Waals surface area contributed by atoms with Crippen LogP contribution in [0.15, 0.2) is 76.8 Å². The quantitative estimate of drug-likeness (QED) is 0.0788. The van der Waals surface area contributed by atoms with Crippen LogP contribution in [0.2, 0.25) is 0 Å². The summed E-state index contributed by atoms with van der Waals surface area (Å²) in [7, 11) is 0. The molecule has 0 aromatic heterocycles. The molecular weight excluding hydrogens is 608 g/mol. The van der Waals surface area contributed by atoms with E-state index in [1.54, 1.807) is 48.5 Å². The first-order valence-corrected chi connectivity index (χ1v) is 13.6. The van der Waals surface area contributed by atoms with Gasteiger partial charge in [-0.25, -0.2) is 4.99 Å². The van der Waals surface area contributed by atoms with Crippen molar-refractivity contribution in [1.29, 1.82) is 0 Å². The molecule has 4 rings (SSSR count). The highest BCUT2D eigenvalue weighted by Crippen LogP contribution is 2.36. The largest absolute Gasteiger partial charge is 0.494 e. The maximum absolute atomic E-state index is 13.7. The third-order valence-corrected chi connectivity index (χ3v) is 6.86. The van der Waals surface area contributed by atoms with E-state index in [4.69, 9.17) is 20.1 Å². The van der Waals surface area contributed by atoms with Gasteiger partial charge in [0.15, 0.2) is 5.54 Å². The molecule has 15 heteroatoms. The molecular formula is C30H27F6N5O4. The molecule has 238 valence electrons. The number of alkyl halides is 6. The molecule has 3 aromatic carbocycles. The summed E-state index contributed by atoms with van der Waals surface area (Å²) >= 11 is 0. The predicted molar refractivity (Wildman–Crippen MR) is 150 cm³/mol. The van der Waals surface area contributed by atoms with Crippen molar-refractivity contribution in [2.45, 2.75) is 43.8 Å². The van der Waals surface area contributed by atoms with E-state index in [2.05, 4.69) is 20.3 Å². The minimum Gasteiger partial charge on any atom is -0.494 e. The van der Waals surface area contributed by atoms with E-state index < -0.39 is 47.0 Å². The first-order chi connectivity index (χ1) is 21.3. The van der Waals surface area contributed by atoms with E-state index in [9.17, 15) is 31.1 Å². The van der Waals surface area contributed by atoms with E-state index in [0.717, 1.165) is 0 Å².